The Bertz CT molecular complexity index is 1710. The summed E-state index contributed by atoms with van der Waals surface area (Å²) < 4.78 is 80.3. The van der Waals surface area contributed by atoms with E-state index >= 15 is 0 Å². The molecule has 3 rings (SSSR count). The van der Waals surface area contributed by atoms with Crippen LogP contribution < -0.4 is 21.9 Å². The van der Waals surface area contributed by atoms with Gasteiger partial charge < -0.3 is 70.1 Å². The maximum absolute atomic E-state index is 13.7. The molecule has 358 valence electrons. The highest BCUT2D eigenvalue weighted by Crippen LogP contribution is 2.66. The van der Waals surface area contributed by atoms with Gasteiger partial charge in [0.15, 0.2) is 18.6 Å². The molecule has 0 spiro atoms. The first-order valence-electron chi connectivity index (χ1n) is 19.5. The second kappa shape index (κ2) is 26.9. The fourth-order valence-electron chi connectivity index (χ4n) is 5.78. The summed E-state index contributed by atoms with van der Waals surface area (Å²) in [6.07, 6.45) is -12.6. The highest BCUT2D eigenvalue weighted by Gasteiger charge is 2.51. The number of phosphoric ester groups is 2. The van der Waals surface area contributed by atoms with Crippen molar-refractivity contribution in [1.29, 1.82) is 0 Å². The molecule has 2 aliphatic rings. The summed E-state index contributed by atoms with van der Waals surface area (Å²) in [6.45, 7) is -1.21. The van der Waals surface area contributed by atoms with Gasteiger partial charge >= 0.3 is 27.4 Å². The number of rotatable bonds is 29. The number of phosphoric acid groups is 2. The van der Waals surface area contributed by atoms with Gasteiger partial charge in [0.2, 0.25) is 5.91 Å². The summed E-state index contributed by atoms with van der Waals surface area (Å²) in [4.78, 5) is 50.9. The van der Waals surface area contributed by atoms with Crippen LogP contribution in [-0.4, -0.2) is 186 Å². The fraction of sp³-hybridized carbons (Fsp3) is 0.818. The van der Waals surface area contributed by atoms with Gasteiger partial charge in [-0.25, -0.2) is 18.7 Å². The van der Waals surface area contributed by atoms with E-state index in [4.69, 9.17) is 56.3 Å². The maximum Gasteiger partial charge on any atom is 0.485 e. The van der Waals surface area contributed by atoms with E-state index < -0.39 is 113 Å². The number of hydrogen-bond donors (Lipinski definition) is 10. The smallest absolute Gasteiger partial charge is 0.441 e. The SMILES string of the molecule is COP(=O)(OCC1OC(n2ccc(=O)[nH]c2=O)C(O)C1O)OP(=O)(OC)O[C@H]1OC(CO)[C@@H](O)[C@H](O)C1NC(=O)CCCCCNC(=O)OC(COCCCO)COCCCO. The summed E-state index contributed by atoms with van der Waals surface area (Å²) in [5.74, 6) is -0.711. The molecule has 2 fully saturated rings. The number of unbranched alkanes of at least 4 members (excludes halogenated alkanes) is 2. The van der Waals surface area contributed by atoms with E-state index in [0.717, 1.165) is 31.0 Å². The number of H-pyrrole nitrogens is 1. The molecule has 1 aromatic rings. The van der Waals surface area contributed by atoms with Gasteiger partial charge in [-0.1, -0.05) is 6.42 Å². The van der Waals surface area contributed by atoms with Crippen LogP contribution in [0.25, 0.3) is 0 Å². The number of ether oxygens (including phenoxy) is 5. The monoisotopic (exact) mass is 940 g/mol. The zero-order valence-electron chi connectivity index (χ0n) is 34.0. The first kappa shape index (κ1) is 53.6. The van der Waals surface area contributed by atoms with Crippen molar-refractivity contribution in [3.8, 4) is 0 Å². The molecular formula is C33H58N4O23P2. The molecule has 29 heteroatoms. The van der Waals surface area contributed by atoms with Crippen molar-refractivity contribution in [2.45, 2.75) is 99.8 Å². The van der Waals surface area contributed by atoms with Crippen LogP contribution in [-0.2, 0) is 60.0 Å². The highest BCUT2D eigenvalue weighted by molar-refractivity contribution is 7.62. The lowest BCUT2D eigenvalue weighted by Crippen LogP contribution is -2.64. The predicted molar refractivity (Wildman–Crippen MR) is 206 cm³/mol. The van der Waals surface area contributed by atoms with E-state index in [2.05, 4.69) is 10.6 Å². The summed E-state index contributed by atoms with van der Waals surface area (Å²) in [5, 5.41) is 75.0. The minimum atomic E-state index is -5.17. The zero-order chi connectivity index (χ0) is 45.9. The number of aliphatic hydroxyl groups excluding tert-OH is 7. The van der Waals surface area contributed by atoms with Crippen molar-refractivity contribution in [1.82, 2.24) is 20.2 Å². The number of nitrogens with zero attached hydrogens (tertiary/aromatic N) is 1. The molecular weight excluding hydrogens is 882 g/mol. The van der Waals surface area contributed by atoms with Crippen LogP contribution in [0.15, 0.2) is 21.9 Å². The number of carbonyl (C=O) groups is 2. The van der Waals surface area contributed by atoms with E-state index in [1.807, 2.05) is 4.98 Å². The fourth-order valence-corrected chi connectivity index (χ4v) is 8.59. The third-order valence-corrected chi connectivity index (χ3v) is 12.5. The van der Waals surface area contributed by atoms with Crippen LogP contribution in [0.1, 0.15) is 44.8 Å². The number of aromatic nitrogens is 2. The maximum atomic E-state index is 13.7. The first-order valence-corrected chi connectivity index (χ1v) is 22.4. The molecule has 2 aliphatic heterocycles. The van der Waals surface area contributed by atoms with Crippen molar-refractivity contribution in [2.24, 2.45) is 0 Å². The molecule has 0 radical (unpaired) electrons. The lowest BCUT2D eigenvalue weighted by Gasteiger charge is -2.42. The van der Waals surface area contributed by atoms with E-state index in [0.29, 0.717) is 25.7 Å². The Kier molecular flexibility index (Phi) is 23.2. The molecule has 0 bridgehead atoms. The standard InChI is InChI=1S/C33H58N4O23P2/c1-51-61(49,55-19-22-27(44)29(46)30(57-22)37-11-9-24(42)36-32(37)47)60-62(50,52-2)59-31-25(28(45)26(43)21(16-40)58-31)35-23(41)8-4-3-5-10-34-33(48)56-20(17-53-14-6-12-38)18-54-15-7-13-39/h9,11,20-22,25-31,38-40,43-46H,3-8,10,12-19H2,1-2H3,(H,34,48)(H,35,41)(H,36,42,47)/t21?,22?,25?,26-,27?,28-,29?,30?,31-,61?,62?/m1/s1. The molecule has 27 nitrogen and oxygen atoms in total. The van der Waals surface area contributed by atoms with Crippen LogP contribution in [0, 0.1) is 0 Å². The van der Waals surface area contributed by atoms with Gasteiger partial charge in [-0.2, -0.15) is 4.31 Å². The normalized spacial score (nSPS) is 27.1. The average Bonchev–Trinajstić information content (AvgIpc) is 3.52. The quantitative estimate of drug-likeness (QED) is 0.0284. The molecule has 3 heterocycles. The molecule has 2 saturated heterocycles. The van der Waals surface area contributed by atoms with Crippen LogP contribution in [0.3, 0.4) is 0 Å². The van der Waals surface area contributed by atoms with Gasteiger partial charge in [0.1, 0.15) is 42.7 Å². The predicted octanol–water partition coefficient (Wildman–Crippen LogP) is -2.91. The lowest BCUT2D eigenvalue weighted by molar-refractivity contribution is -0.248. The molecule has 0 aromatic carbocycles. The Labute approximate surface area is 354 Å². The van der Waals surface area contributed by atoms with Crippen LogP contribution in [0.2, 0.25) is 0 Å². The third kappa shape index (κ3) is 16.7. The van der Waals surface area contributed by atoms with Crippen LogP contribution in [0.5, 0.6) is 0 Å². The van der Waals surface area contributed by atoms with E-state index in [-0.39, 0.29) is 59.0 Å². The molecule has 1 aromatic heterocycles. The van der Waals surface area contributed by atoms with Crippen molar-refractivity contribution in [2.75, 3.05) is 73.6 Å². The van der Waals surface area contributed by atoms with Gasteiger partial charge in [-0.15, -0.1) is 0 Å². The van der Waals surface area contributed by atoms with E-state index in [1.165, 1.54) is 0 Å². The molecule has 62 heavy (non-hydrogen) atoms. The minimum Gasteiger partial charge on any atom is -0.441 e. The second-order valence-corrected chi connectivity index (χ2v) is 17.3. The average molecular weight is 941 g/mol. The van der Waals surface area contributed by atoms with Crippen molar-refractivity contribution in [3.63, 3.8) is 0 Å². The number of amides is 2. The zero-order valence-corrected chi connectivity index (χ0v) is 35.8. The Morgan fingerprint density at radius 2 is 1.50 bits per heavy atom. The molecule has 2 amide bonds. The van der Waals surface area contributed by atoms with E-state index in [1.54, 1.807) is 0 Å². The lowest BCUT2D eigenvalue weighted by atomic mass is 9.97. The number of aromatic amines is 1. The summed E-state index contributed by atoms with van der Waals surface area (Å²) in [7, 11) is -8.60. The Morgan fingerprint density at radius 1 is 0.855 bits per heavy atom. The van der Waals surface area contributed by atoms with Crippen LogP contribution >= 0.6 is 15.6 Å². The number of carbonyl (C=O) groups excluding carboxylic acids is 2. The van der Waals surface area contributed by atoms with Gasteiger partial charge in [0.05, 0.1) is 26.4 Å². The molecule has 10 N–H and O–H groups in total. The number of alkyl carbamates (subject to hydrolysis) is 1. The largest absolute Gasteiger partial charge is 0.485 e. The molecule has 11 atom stereocenters. The second-order valence-electron chi connectivity index (χ2n) is 13.7. The topological polar surface area (TPSA) is 381 Å². The van der Waals surface area contributed by atoms with Crippen LogP contribution in [0.4, 0.5) is 4.79 Å². The highest BCUT2D eigenvalue weighted by atomic mass is 31.3. The van der Waals surface area contributed by atoms with Gasteiger partial charge in [0.25, 0.3) is 5.56 Å². The first-order chi connectivity index (χ1) is 29.5. The van der Waals surface area contributed by atoms with Crippen molar-refractivity contribution in [3.05, 3.63) is 33.1 Å². The number of nitrogens with one attached hydrogen (secondary N) is 3. The van der Waals surface area contributed by atoms with Gasteiger partial charge in [0, 0.05) is 65.9 Å². The molecule has 8 unspecified atom stereocenters. The van der Waals surface area contributed by atoms with Crippen molar-refractivity contribution < 1.29 is 101 Å². The summed E-state index contributed by atoms with van der Waals surface area (Å²) in [6, 6.07) is -0.738. The Morgan fingerprint density at radius 3 is 2.10 bits per heavy atom. The van der Waals surface area contributed by atoms with Crippen molar-refractivity contribution >= 4 is 27.6 Å². The minimum absolute atomic E-state index is 0.0213. The van der Waals surface area contributed by atoms with Gasteiger partial charge in [-0.05, 0) is 25.7 Å². The van der Waals surface area contributed by atoms with Gasteiger partial charge in [-0.3, -0.25) is 37.2 Å². The molecule has 0 aliphatic carbocycles. The number of aliphatic hydroxyl groups is 7. The third-order valence-electron chi connectivity index (χ3n) is 9.07. The molecule has 0 saturated carbocycles. The summed E-state index contributed by atoms with van der Waals surface area (Å²) in [5.41, 5.74) is -1.72. The Balaban J connectivity index is 1.55. The number of hydrogen-bond acceptors (Lipinski definition) is 23. The van der Waals surface area contributed by atoms with E-state index in [9.17, 15) is 53.8 Å². The summed E-state index contributed by atoms with van der Waals surface area (Å²) >= 11 is 0. The Hall–Kier alpha value is -2.76.